The molecule has 27 heavy (non-hydrogen) atoms. The Morgan fingerprint density at radius 1 is 1.22 bits per heavy atom. The Labute approximate surface area is 158 Å². The van der Waals surface area contributed by atoms with Gasteiger partial charge in [0.05, 0.1) is 0 Å². The SMILES string of the molecule is CN(CCNC(=O)ON(C)C(=O)CCC=O)CCc1cccc(C(N)=O)c1. The van der Waals surface area contributed by atoms with Crippen LogP contribution >= 0.6 is 0 Å². The number of primary amides is 1. The molecule has 0 radical (unpaired) electrons. The van der Waals surface area contributed by atoms with E-state index in [1.807, 2.05) is 18.0 Å². The van der Waals surface area contributed by atoms with Crippen LogP contribution in [0.4, 0.5) is 4.79 Å². The minimum Gasteiger partial charge on any atom is -0.366 e. The fourth-order valence-corrected chi connectivity index (χ4v) is 2.21. The molecule has 0 aliphatic heterocycles. The summed E-state index contributed by atoms with van der Waals surface area (Å²) in [4.78, 5) is 51.4. The van der Waals surface area contributed by atoms with Gasteiger partial charge in [-0.15, -0.1) is 0 Å². The predicted octanol–water partition coefficient (Wildman–Crippen LogP) is 0.339. The molecule has 3 amide bonds. The van der Waals surface area contributed by atoms with E-state index in [1.165, 1.54) is 7.05 Å². The summed E-state index contributed by atoms with van der Waals surface area (Å²) >= 11 is 0. The standard InChI is InChI=1S/C18H26N4O5/c1-21(10-8-14-5-3-6-15(13-14)17(19)25)11-9-20-18(26)27-22(2)16(24)7-4-12-23/h3,5-6,12-13H,4,7-11H2,1-2H3,(H2,19,25)(H,20,26). The molecular weight excluding hydrogens is 352 g/mol. The lowest BCUT2D eigenvalue weighted by molar-refractivity contribution is -0.160. The number of nitrogens with one attached hydrogen (secondary N) is 1. The van der Waals surface area contributed by atoms with E-state index < -0.39 is 17.9 Å². The monoisotopic (exact) mass is 378 g/mol. The largest absolute Gasteiger partial charge is 0.431 e. The van der Waals surface area contributed by atoms with E-state index >= 15 is 0 Å². The van der Waals surface area contributed by atoms with Crippen LogP contribution < -0.4 is 11.1 Å². The highest BCUT2D eigenvalue weighted by Gasteiger charge is 2.13. The Morgan fingerprint density at radius 3 is 2.63 bits per heavy atom. The molecule has 0 aliphatic carbocycles. The molecule has 1 rings (SSSR count). The van der Waals surface area contributed by atoms with Crippen molar-refractivity contribution in [3.8, 4) is 0 Å². The molecule has 0 unspecified atom stereocenters. The number of likely N-dealkylation sites (N-methyl/N-ethyl adjacent to an activating group) is 1. The number of rotatable bonds is 10. The van der Waals surface area contributed by atoms with Crippen LogP contribution in [0.1, 0.15) is 28.8 Å². The highest BCUT2D eigenvalue weighted by molar-refractivity contribution is 5.92. The van der Waals surface area contributed by atoms with E-state index in [0.29, 0.717) is 24.9 Å². The Hall–Kier alpha value is -2.94. The molecule has 0 saturated heterocycles. The smallest absolute Gasteiger partial charge is 0.366 e. The number of amides is 3. The van der Waals surface area contributed by atoms with E-state index in [4.69, 9.17) is 10.6 Å². The van der Waals surface area contributed by atoms with Gasteiger partial charge in [0.2, 0.25) is 5.91 Å². The van der Waals surface area contributed by atoms with E-state index in [0.717, 1.165) is 23.6 Å². The average molecular weight is 378 g/mol. The van der Waals surface area contributed by atoms with Gasteiger partial charge in [0, 0.05) is 45.1 Å². The molecule has 1 aromatic carbocycles. The summed E-state index contributed by atoms with van der Waals surface area (Å²) < 4.78 is 0. The molecule has 9 nitrogen and oxygen atoms in total. The number of nitrogens with two attached hydrogens (primary N) is 1. The summed E-state index contributed by atoms with van der Waals surface area (Å²) in [6.07, 6.45) is 0.704. The maximum atomic E-state index is 11.6. The number of hydrogen-bond acceptors (Lipinski definition) is 6. The minimum absolute atomic E-state index is 0.00697. The first-order chi connectivity index (χ1) is 12.8. The molecule has 0 heterocycles. The maximum absolute atomic E-state index is 11.6. The number of hydroxylamine groups is 2. The van der Waals surface area contributed by atoms with Crippen LogP contribution in [0.5, 0.6) is 0 Å². The Morgan fingerprint density at radius 2 is 1.96 bits per heavy atom. The first kappa shape index (κ1) is 22.1. The summed E-state index contributed by atoms with van der Waals surface area (Å²) in [5.74, 6) is -0.907. The van der Waals surface area contributed by atoms with Crippen molar-refractivity contribution in [2.45, 2.75) is 19.3 Å². The minimum atomic E-state index is -0.737. The molecule has 0 bridgehead atoms. The maximum Gasteiger partial charge on any atom is 0.431 e. The Kier molecular flexibility index (Phi) is 9.52. The van der Waals surface area contributed by atoms with Gasteiger partial charge in [-0.25, -0.2) is 4.79 Å². The van der Waals surface area contributed by atoms with Crippen molar-refractivity contribution in [1.29, 1.82) is 0 Å². The van der Waals surface area contributed by atoms with Crippen LogP contribution in [0, 0.1) is 0 Å². The van der Waals surface area contributed by atoms with E-state index in [-0.39, 0.29) is 12.8 Å². The van der Waals surface area contributed by atoms with Crippen molar-refractivity contribution in [2.24, 2.45) is 5.73 Å². The van der Waals surface area contributed by atoms with Gasteiger partial charge < -0.3 is 25.6 Å². The summed E-state index contributed by atoms with van der Waals surface area (Å²) in [5, 5.41) is 3.36. The quantitative estimate of drug-likeness (QED) is 0.447. The number of carbonyl (C=O) groups excluding carboxylic acids is 4. The molecule has 3 N–H and O–H groups in total. The summed E-state index contributed by atoms with van der Waals surface area (Å²) in [5.41, 5.74) is 6.75. The third-order valence-electron chi connectivity index (χ3n) is 3.80. The zero-order valence-corrected chi connectivity index (χ0v) is 15.6. The van der Waals surface area contributed by atoms with Gasteiger partial charge in [-0.05, 0) is 31.2 Å². The Bertz CT molecular complexity index is 665. The molecule has 0 spiro atoms. The van der Waals surface area contributed by atoms with E-state index in [1.54, 1.807) is 18.2 Å². The van der Waals surface area contributed by atoms with Gasteiger partial charge >= 0.3 is 6.09 Å². The second-order valence-corrected chi connectivity index (χ2v) is 6.02. The molecule has 1 aromatic rings. The zero-order chi connectivity index (χ0) is 20.2. The van der Waals surface area contributed by atoms with Gasteiger partial charge in [0.25, 0.3) is 5.91 Å². The number of carbonyl (C=O) groups is 4. The number of benzene rings is 1. The number of nitrogens with zero attached hydrogens (tertiary/aromatic N) is 2. The van der Waals surface area contributed by atoms with Crippen molar-refractivity contribution in [1.82, 2.24) is 15.3 Å². The van der Waals surface area contributed by atoms with Gasteiger partial charge in [-0.1, -0.05) is 12.1 Å². The highest BCUT2D eigenvalue weighted by Crippen LogP contribution is 2.06. The molecule has 0 aliphatic rings. The Balaban J connectivity index is 2.26. The van der Waals surface area contributed by atoms with Gasteiger partial charge in [0.1, 0.15) is 6.29 Å². The first-order valence-corrected chi connectivity index (χ1v) is 8.56. The lowest BCUT2D eigenvalue weighted by Gasteiger charge is -2.18. The van der Waals surface area contributed by atoms with Crippen LogP contribution in [0.15, 0.2) is 24.3 Å². The second-order valence-electron chi connectivity index (χ2n) is 6.02. The van der Waals surface area contributed by atoms with Crippen molar-refractivity contribution in [3.63, 3.8) is 0 Å². The molecule has 0 saturated carbocycles. The summed E-state index contributed by atoms with van der Waals surface area (Å²) in [6.45, 7) is 1.64. The highest BCUT2D eigenvalue weighted by atomic mass is 16.7. The first-order valence-electron chi connectivity index (χ1n) is 8.56. The number of aldehydes is 1. The second kappa shape index (κ2) is 11.6. The van der Waals surface area contributed by atoms with Crippen molar-refractivity contribution >= 4 is 24.2 Å². The fourth-order valence-electron chi connectivity index (χ4n) is 2.21. The van der Waals surface area contributed by atoms with Crippen LogP contribution in [0.3, 0.4) is 0 Å². The molecule has 148 valence electrons. The topological polar surface area (TPSA) is 122 Å². The molecule has 9 heteroatoms. The third kappa shape index (κ3) is 8.82. The van der Waals surface area contributed by atoms with Crippen molar-refractivity contribution < 1.29 is 24.0 Å². The van der Waals surface area contributed by atoms with Gasteiger partial charge in [-0.2, -0.15) is 5.06 Å². The zero-order valence-electron chi connectivity index (χ0n) is 15.6. The van der Waals surface area contributed by atoms with Crippen LogP contribution in [0.25, 0.3) is 0 Å². The fraction of sp³-hybridized carbons (Fsp3) is 0.444. The van der Waals surface area contributed by atoms with Crippen LogP contribution in [-0.2, 0) is 20.8 Å². The van der Waals surface area contributed by atoms with Gasteiger partial charge in [0.15, 0.2) is 0 Å². The van der Waals surface area contributed by atoms with Gasteiger partial charge in [-0.3, -0.25) is 9.59 Å². The van der Waals surface area contributed by atoms with Crippen LogP contribution in [-0.4, -0.2) is 67.9 Å². The van der Waals surface area contributed by atoms with E-state index in [9.17, 15) is 19.2 Å². The molecule has 0 aromatic heterocycles. The normalized spacial score (nSPS) is 10.3. The lowest BCUT2D eigenvalue weighted by atomic mass is 10.1. The summed E-state index contributed by atoms with van der Waals surface area (Å²) in [6, 6.07) is 7.16. The molecular formula is C18H26N4O5. The van der Waals surface area contributed by atoms with Crippen LogP contribution in [0.2, 0.25) is 0 Å². The van der Waals surface area contributed by atoms with Crippen molar-refractivity contribution in [3.05, 3.63) is 35.4 Å². The van der Waals surface area contributed by atoms with Crippen molar-refractivity contribution in [2.75, 3.05) is 33.7 Å². The van der Waals surface area contributed by atoms with E-state index in [2.05, 4.69) is 5.32 Å². The lowest BCUT2D eigenvalue weighted by Crippen LogP contribution is -2.38. The predicted molar refractivity (Wildman–Crippen MR) is 98.7 cm³/mol. The number of hydrogen-bond donors (Lipinski definition) is 2. The molecule has 0 fully saturated rings. The summed E-state index contributed by atoms with van der Waals surface area (Å²) in [7, 11) is 3.22. The molecule has 0 atom stereocenters. The third-order valence-corrected chi connectivity index (χ3v) is 3.80. The average Bonchev–Trinajstić information content (AvgIpc) is 2.64.